The van der Waals surface area contributed by atoms with Gasteiger partial charge in [-0.25, -0.2) is 14.8 Å². The molecule has 2 atom stereocenters. The molecular formula is C24H34N4O5. The van der Waals surface area contributed by atoms with Gasteiger partial charge in [0.2, 0.25) is 0 Å². The first kappa shape index (κ1) is 24.7. The van der Waals surface area contributed by atoms with Crippen LogP contribution >= 0.6 is 0 Å². The highest BCUT2D eigenvalue weighted by atomic mass is 16.6. The summed E-state index contributed by atoms with van der Waals surface area (Å²) in [5, 5.41) is 4.20. The number of carbonyl (C=O) groups is 2. The SMILES string of the molecule is Cc1nc(-c2cnn(C)c2C(=O)OC(C)(C)C)ncc1O[C@H]1CCC[C@H](C(=O)OC(C)C)C1. The molecule has 0 N–H and O–H groups in total. The van der Waals surface area contributed by atoms with Gasteiger partial charge in [-0.2, -0.15) is 5.10 Å². The minimum absolute atomic E-state index is 0.104. The molecule has 1 aliphatic rings. The zero-order valence-electron chi connectivity index (χ0n) is 20.5. The molecule has 2 heterocycles. The molecule has 0 amide bonds. The second-order valence-corrected chi connectivity index (χ2v) is 9.76. The summed E-state index contributed by atoms with van der Waals surface area (Å²) >= 11 is 0. The number of rotatable bonds is 6. The maximum atomic E-state index is 12.7. The van der Waals surface area contributed by atoms with E-state index in [4.69, 9.17) is 14.2 Å². The van der Waals surface area contributed by atoms with E-state index in [1.807, 2.05) is 41.5 Å². The average molecular weight is 459 g/mol. The molecule has 1 saturated carbocycles. The number of hydrogen-bond acceptors (Lipinski definition) is 8. The first-order valence-corrected chi connectivity index (χ1v) is 11.4. The fourth-order valence-electron chi connectivity index (χ4n) is 3.85. The zero-order chi connectivity index (χ0) is 24.3. The molecule has 1 aliphatic carbocycles. The molecule has 0 radical (unpaired) electrons. The molecule has 1 fully saturated rings. The lowest BCUT2D eigenvalue weighted by atomic mass is 9.87. The largest absolute Gasteiger partial charge is 0.487 e. The number of aryl methyl sites for hydroxylation is 2. The maximum absolute atomic E-state index is 12.7. The van der Waals surface area contributed by atoms with Gasteiger partial charge < -0.3 is 14.2 Å². The standard InChI is InChI=1S/C24H34N4O5/c1-14(2)31-22(29)16-9-8-10-17(11-16)32-19-13-25-21(27-15(19)3)18-12-26-28(7)20(18)23(30)33-24(4,5)6/h12-14,16-17H,8-11H2,1-7H3/t16-,17-/m0/s1. The van der Waals surface area contributed by atoms with Crippen LogP contribution in [0.1, 0.15) is 76.5 Å². The number of nitrogens with zero attached hydrogens (tertiary/aromatic N) is 4. The summed E-state index contributed by atoms with van der Waals surface area (Å²) in [6, 6.07) is 0. The third-order valence-electron chi connectivity index (χ3n) is 5.31. The summed E-state index contributed by atoms with van der Waals surface area (Å²) in [5.41, 5.74) is 0.797. The van der Waals surface area contributed by atoms with E-state index < -0.39 is 11.6 Å². The van der Waals surface area contributed by atoms with Gasteiger partial charge in [-0.15, -0.1) is 0 Å². The van der Waals surface area contributed by atoms with Gasteiger partial charge in [-0.1, -0.05) is 0 Å². The van der Waals surface area contributed by atoms with Crippen molar-refractivity contribution in [2.24, 2.45) is 13.0 Å². The van der Waals surface area contributed by atoms with E-state index in [0.717, 1.165) is 19.3 Å². The van der Waals surface area contributed by atoms with Crippen LogP contribution in [-0.2, 0) is 21.3 Å². The van der Waals surface area contributed by atoms with Crippen LogP contribution in [0.3, 0.4) is 0 Å². The summed E-state index contributed by atoms with van der Waals surface area (Å²) in [4.78, 5) is 34.0. The Morgan fingerprint density at radius 3 is 2.55 bits per heavy atom. The monoisotopic (exact) mass is 458 g/mol. The van der Waals surface area contributed by atoms with Crippen molar-refractivity contribution in [3.05, 3.63) is 23.8 Å². The number of aromatic nitrogens is 4. The lowest BCUT2D eigenvalue weighted by Gasteiger charge is -2.29. The van der Waals surface area contributed by atoms with Crippen LogP contribution in [-0.4, -0.2) is 49.5 Å². The Labute approximate surface area is 194 Å². The van der Waals surface area contributed by atoms with Gasteiger partial charge in [0.15, 0.2) is 17.3 Å². The number of hydrogen-bond donors (Lipinski definition) is 0. The van der Waals surface area contributed by atoms with Crippen molar-refractivity contribution in [1.82, 2.24) is 19.7 Å². The predicted octanol–water partition coefficient (Wildman–Crippen LogP) is 4.03. The lowest BCUT2D eigenvalue weighted by Crippen LogP contribution is -2.32. The number of ether oxygens (including phenoxy) is 3. The van der Waals surface area contributed by atoms with Gasteiger partial charge in [0, 0.05) is 7.05 Å². The zero-order valence-corrected chi connectivity index (χ0v) is 20.5. The van der Waals surface area contributed by atoms with Crippen molar-refractivity contribution in [3.8, 4) is 17.1 Å². The minimum Gasteiger partial charge on any atom is -0.487 e. The first-order chi connectivity index (χ1) is 15.4. The summed E-state index contributed by atoms with van der Waals surface area (Å²) in [6.45, 7) is 11.0. The molecule has 0 bridgehead atoms. The van der Waals surface area contributed by atoms with E-state index in [9.17, 15) is 9.59 Å². The Bertz CT molecular complexity index is 1010. The minimum atomic E-state index is -0.632. The molecule has 9 nitrogen and oxygen atoms in total. The Morgan fingerprint density at radius 1 is 1.18 bits per heavy atom. The van der Waals surface area contributed by atoms with Crippen LogP contribution in [0.25, 0.3) is 11.4 Å². The van der Waals surface area contributed by atoms with Crippen LogP contribution in [0, 0.1) is 12.8 Å². The Morgan fingerprint density at radius 2 is 1.91 bits per heavy atom. The molecule has 33 heavy (non-hydrogen) atoms. The summed E-state index contributed by atoms with van der Waals surface area (Å²) in [6.07, 6.45) is 6.12. The summed E-state index contributed by atoms with van der Waals surface area (Å²) < 4.78 is 18.5. The van der Waals surface area contributed by atoms with Gasteiger partial charge in [-0.05, 0) is 67.2 Å². The van der Waals surface area contributed by atoms with Crippen LogP contribution in [0.4, 0.5) is 0 Å². The topological polar surface area (TPSA) is 105 Å². The van der Waals surface area contributed by atoms with E-state index in [2.05, 4.69) is 15.1 Å². The maximum Gasteiger partial charge on any atom is 0.357 e. The Hall–Kier alpha value is -2.97. The van der Waals surface area contributed by atoms with Gasteiger partial charge in [0.25, 0.3) is 0 Å². The number of carbonyl (C=O) groups excluding carboxylic acids is 2. The fraction of sp³-hybridized carbons (Fsp3) is 0.625. The van der Waals surface area contributed by atoms with E-state index >= 15 is 0 Å². The predicted molar refractivity (Wildman–Crippen MR) is 122 cm³/mol. The quantitative estimate of drug-likeness (QED) is 0.598. The molecule has 180 valence electrons. The van der Waals surface area contributed by atoms with Gasteiger partial charge in [0.1, 0.15) is 5.60 Å². The molecule has 3 rings (SSSR count). The molecule has 0 saturated heterocycles. The van der Waals surface area contributed by atoms with Crippen LogP contribution < -0.4 is 4.74 Å². The van der Waals surface area contributed by atoms with Crippen molar-refractivity contribution < 1.29 is 23.8 Å². The van der Waals surface area contributed by atoms with Gasteiger partial charge >= 0.3 is 11.9 Å². The Balaban J connectivity index is 1.75. The summed E-state index contributed by atoms with van der Waals surface area (Å²) in [7, 11) is 1.68. The molecule has 0 aliphatic heterocycles. The smallest absolute Gasteiger partial charge is 0.357 e. The molecule has 0 spiro atoms. The van der Waals surface area contributed by atoms with Crippen molar-refractivity contribution in [1.29, 1.82) is 0 Å². The first-order valence-electron chi connectivity index (χ1n) is 11.4. The molecule has 0 unspecified atom stereocenters. The van der Waals surface area contributed by atoms with Gasteiger partial charge in [0.05, 0.1) is 41.8 Å². The van der Waals surface area contributed by atoms with Crippen LogP contribution in [0.2, 0.25) is 0 Å². The van der Waals surface area contributed by atoms with Gasteiger partial charge in [-0.3, -0.25) is 9.48 Å². The van der Waals surface area contributed by atoms with Crippen LogP contribution in [0.15, 0.2) is 12.4 Å². The number of esters is 2. The highest BCUT2D eigenvalue weighted by Gasteiger charge is 2.31. The molecule has 2 aromatic heterocycles. The molecule has 0 aromatic carbocycles. The third-order valence-corrected chi connectivity index (χ3v) is 5.31. The van der Waals surface area contributed by atoms with E-state index in [1.165, 1.54) is 4.68 Å². The summed E-state index contributed by atoms with van der Waals surface area (Å²) in [5.74, 6) is 0.132. The molecule has 9 heteroatoms. The van der Waals surface area contributed by atoms with E-state index in [-0.39, 0.29) is 29.8 Å². The van der Waals surface area contributed by atoms with E-state index in [0.29, 0.717) is 29.3 Å². The van der Waals surface area contributed by atoms with E-state index in [1.54, 1.807) is 19.4 Å². The fourth-order valence-corrected chi connectivity index (χ4v) is 3.85. The van der Waals surface area contributed by atoms with Crippen LogP contribution in [0.5, 0.6) is 5.75 Å². The normalized spacial score (nSPS) is 18.8. The molecular weight excluding hydrogens is 424 g/mol. The lowest BCUT2D eigenvalue weighted by molar-refractivity contribution is -0.154. The highest BCUT2D eigenvalue weighted by molar-refractivity contribution is 5.94. The van der Waals surface area contributed by atoms with Crippen molar-refractivity contribution in [3.63, 3.8) is 0 Å². The highest BCUT2D eigenvalue weighted by Crippen LogP contribution is 2.31. The third kappa shape index (κ3) is 6.30. The van der Waals surface area contributed by atoms with Crippen molar-refractivity contribution in [2.45, 2.75) is 85.0 Å². The average Bonchev–Trinajstić information content (AvgIpc) is 3.09. The second kappa shape index (κ2) is 9.89. The van der Waals surface area contributed by atoms with Crippen molar-refractivity contribution in [2.75, 3.05) is 0 Å². The Kier molecular flexibility index (Phi) is 7.39. The van der Waals surface area contributed by atoms with Crippen molar-refractivity contribution >= 4 is 11.9 Å². The molecule has 2 aromatic rings. The second-order valence-electron chi connectivity index (χ2n) is 9.76.